The third kappa shape index (κ3) is 2.37. The standard InChI is InChI=1S/C11H17N3O/c1-8-3-4-10(5-8)13-11(15)9-6-12-14(2)7-9/h6-8,10H,3-5H2,1-2H3,(H,13,15). The monoisotopic (exact) mass is 207 g/mol. The molecule has 1 N–H and O–H groups in total. The van der Waals surface area contributed by atoms with Gasteiger partial charge in [-0.2, -0.15) is 5.10 Å². The van der Waals surface area contributed by atoms with Crippen LogP contribution in [0.3, 0.4) is 0 Å². The molecule has 2 atom stereocenters. The maximum atomic E-state index is 11.8. The average Bonchev–Trinajstić information content (AvgIpc) is 2.75. The second kappa shape index (κ2) is 4.04. The van der Waals surface area contributed by atoms with Gasteiger partial charge < -0.3 is 5.32 Å². The molecule has 0 spiro atoms. The first kappa shape index (κ1) is 10.2. The van der Waals surface area contributed by atoms with Crippen LogP contribution in [0.15, 0.2) is 12.4 Å². The van der Waals surface area contributed by atoms with Crippen LogP contribution in [0, 0.1) is 5.92 Å². The molecule has 82 valence electrons. The fourth-order valence-corrected chi connectivity index (χ4v) is 2.15. The van der Waals surface area contributed by atoms with Crippen molar-refractivity contribution in [2.75, 3.05) is 0 Å². The molecule has 0 aromatic carbocycles. The van der Waals surface area contributed by atoms with Crippen LogP contribution < -0.4 is 5.32 Å². The Hall–Kier alpha value is -1.32. The molecule has 0 radical (unpaired) electrons. The van der Waals surface area contributed by atoms with E-state index in [-0.39, 0.29) is 5.91 Å². The summed E-state index contributed by atoms with van der Waals surface area (Å²) in [4.78, 5) is 11.8. The molecular weight excluding hydrogens is 190 g/mol. The van der Waals surface area contributed by atoms with Crippen molar-refractivity contribution >= 4 is 5.91 Å². The highest BCUT2D eigenvalue weighted by Crippen LogP contribution is 2.24. The normalized spacial score (nSPS) is 25.5. The summed E-state index contributed by atoms with van der Waals surface area (Å²) in [6, 6.07) is 0.354. The Labute approximate surface area is 89.7 Å². The van der Waals surface area contributed by atoms with E-state index in [0.29, 0.717) is 11.6 Å². The number of carbonyl (C=O) groups is 1. The maximum Gasteiger partial charge on any atom is 0.254 e. The van der Waals surface area contributed by atoms with Crippen molar-refractivity contribution in [1.29, 1.82) is 0 Å². The van der Waals surface area contributed by atoms with Gasteiger partial charge in [0, 0.05) is 19.3 Å². The molecule has 1 saturated carbocycles. The van der Waals surface area contributed by atoms with Gasteiger partial charge in [-0.15, -0.1) is 0 Å². The minimum Gasteiger partial charge on any atom is -0.349 e. The molecule has 1 aromatic rings. The van der Waals surface area contributed by atoms with Crippen molar-refractivity contribution in [3.63, 3.8) is 0 Å². The summed E-state index contributed by atoms with van der Waals surface area (Å²) in [6.07, 6.45) is 6.78. The number of rotatable bonds is 2. The van der Waals surface area contributed by atoms with Gasteiger partial charge in [0.1, 0.15) is 0 Å². The van der Waals surface area contributed by atoms with Crippen LogP contribution in [0.2, 0.25) is 0 Å². The average molecular weight is 207 g/mol. The second-order valence-corrected chi connectivity index (χ2v) is 4.49. The molecule has 15 heavy (non-hydrogen) atoms. The first-order chi connectivity index (χ1) is 7.15. The number of amides is 1. The van der Waals surface area contributed by atoms with E-state index < -0.39 is 0 Å². The summed E-state index contributed by atoms with van der Waals surface area (Å²) >= 11 is 0. The van der Waals surface area contributed by atoms with Gasteiger partial charge in [0.15, 0.2) is 0 Å². The lowest BCUT2D eigenvalue weighted by molar-refractivity contribution is 0.0937. The zero-order valence-corrected chi connectivity index (χ0v) is 9.23. The Kier molecular flexibility index (Phi) is 2.75. The molecule has 4 heteroatoms. The van der Waals surface area contributed by atoms with Crippen LogP contribution >= 0.6 is 0 Å². The Balaban J connectivity index is 1.92. The van der Waals surface area contributed by atoms with Gasteiger partial charge in [-0.25, -0.2) is 0 Å². The first-order valence-corrected chi connectivity index (χ1v) is 5.44. The lowest BCUT2D eigenvalue weighted by Crippen LogP contribution is -2.32. The summed E-state index contributed by atoms with van der Waals surface area (Å²) in [5, 5.41) is 7.03. The van der Waals surface area contributed by atoms with E-state index >= 15 is 0 Å². The van der Waals surface area contributed by atoms with Gasteiger partial charge in [-0.3, -0.25) is 9.48 Å². The Morgan fingerprint density at radius 2 is 2.40 bits per heavy atom. The van der Waals surface area contributed by atoms with Gasteiger partial charge in [0.25, 0.3) is 5.91 Å². The van der Waals surface area contributed by atoms with E-state index in [1.165, 1.54) is 6.42 Å². The van der Waals surface area contributed by atoms with E-state index in [0.717, 1.165) is 18.8 Å². The number of aromatic nitrogens is 2. The largest absolute Gasteiger partial charge is 0.349 e. The van der Waals surface area contributed by atoms with Crippen molar-refractivity contribution in [3.05, 3.63) is 18.0 Å². The third-order valence-electron chi connectivity index (χ3n) is 3.00. The predicted octanol–water partition coefficient (Wildman–Crippen LogP) is 1.34. The van der Waals surface area contributed by atoms with Crippen molar-refractivity contribution in [2.45, 2.75) is 32.2 Å². The maximum absolute atomic E-state index is 11.8. The van der Waals surface area contributed by atoms with E-state index in [4.69, 9.17) is 0 Å². The van der Waals surface area contributed by atoms with Crippen LogP contribution in [0.1, 0.15) is 36.5 Å². The molecular formula is C11H17N3O. The SMILES string of the molecule is CC1CCC(NC(=O)c2cnn(C)c2)C1. The number of aryl methyl sites for hydroxylation is 1. The molecule has 2 unspecified atom stereocenters. The molecule has 1 amide bonds. The predicted molar refractivity (Wildman–Crippen MR) is 57.5 cm³/mol. The van der Waals surface area contributed by atoms with Crippen molar-refractivity contribution < 1.29 is 4.79 Å². The number of hydrogen-bond acceptors (Lipinski definition) is 2. The van der Waals surface area contributed by atoms with Crippen molar-refractivity contribution in [3.8, 4) is 0 Å². The first-order valence-electron chi connectivity index (χ1n) is 5.44. The highest BCUT2D eigenvalue weighted by atomic mass is 16.1. The summed E-state index contributed by atoms with van der Waals surface area (Å²) < 4.78 is 1.65. The molecule has 4 nitrogen and oxygen atoms in total. The molecule has 2 rings (SSSR count). The Morgan fingerprint density at radius 1 is 1.60 bits per heavy atom. The fourth-order valence-electron chi connectivity index (χ4n) is 2.15. The lowest BCUT2D eigenvalue weighted by Gasteiger charge is -2.10. The van der Waals surface area contributed by atoms with Gasteiger partial charge in [0.2, 0.25) is 0 Å². The van der Waals surface area contributed by atoms with Crippen LogP contribution in [0.4, 0.5) is 0 Å². The van der Waals surface area contributed by atoms with E-state index in [1.54, 1.807) is 17.1 Å². The van der Waals surface area contributed by atoms with Crippen LogP contribution in [-0.4, -0.2) is 21.7 Å². The molecule has 1 heterocycles. The van der Waals surface area contributed by atoms with Gasteiger partial charge in [-0.05, 0) is 25.2 Å². The Morgan fingerprint density at radius 3 is 2.93 bits per heavy atom. The summed E-state index contributed by atoms with van der Waals surface area (Å²) in [5.41, 5.74) is 0.650. The molecule has 1 aromatic heterocycles. The molecule has 1 aliphatic rings. The zero-order valence-electron chi connectivity index (χ0n) is 9.23. The molecule has 0 saturated heterocycles. The summed E-state index contributed by atoms with van der Waals surface area (Å²) in [7, 11) is 1.81. The van der Waals surface area contributed by atoms with Gasteiger partial charge in [-0.1, -0.05) is 6.92 Å². The van der Waals surface area contributed by atoms with Crippen molar-refractivity contribution in [1.82, 2.24) is 15.1 Å². The highest BCUT2D eigenvalue weighted by molar-refractivity contribution is 5.93. The number of carbonyl (C=O) groups excluding carboxylic acids is 1. The van der Waals surface area contributed by atoms with Crippen LogP contribution in [0.25, 0.3) is 0 Å². The number of hydrogen-bond donors (Lipinski definition) is 1. The van der Waals surface area contributed by atoms with E-state index in [9.17, 15) is 4.79 Å². The van der Waals surface area contributed by atoms with E-state index in [1.807, 2.05) is 7.05 Å². The number of nitrogens with one attached hydrogen (secondary N) is 1. The third-order valence-corrected chi connectivity index (χ3v) is 3.00. The van der Waals surface area contributed by atoms with E-state index in [2.05, 4.69) is 17.3 Å². The topological polar surface area (TPSA) is 46.9 Å². The van der Waals surface area contributed by atoms with Gasteiger partial charge >= 0.3 is 0 Å². The van der Waals surface area contributed by atoms with Crippen LogP contribution in [-0.2, 0) is 7.05 Å². The molecule has 0 bridgehead atoms. The highest BCUT2D eigenvalue weighted by Gasteiger charge is 2.23. The molecule has 0 aliphatic heterocycles. The molecule has 1 aliphatic carbocycles. The minimum atomic E-state index is 0.00204. The summed E-state index contributed by atoms with van der Waals surface area (Å²) in [6.45, 7) is 2.23. The van der Waals surface area contributed by atoms with Crippen molar-refractivity contribution in [2.24, 2.45) is 13.0 Å². The summed E-state index contributed by atoms with van der Waals surface area (Å²) in [5.74, 6) is 0.742. The smallest absolute Gasteiger partial charge is 0.254 e. The second-order valence-electron chi connectivity index (χ2n) is 4.49. The van der Waals surface area contributed by atoms with Gasteiger partial charge in [0.05, 0.1) is 11.8 Å². The lowest BCUT2D eigenvalue weighted by atomic mass is 10.1. The zero-order chi connectivity index (χ0) is 10.8. The quantitative estimate of drug-likeness (QED) is 0.795. The minimum absolute atomic E-state index is 0.00204. The molecule has 1 fully saturated rings. The fraction of sp³-hybridized carbons (Fsp3) is 0.636. The number of nitrogens with zero attached hydrogens (tertiary/aromatic N) is 2. The van der Waals surface area contributed by atoms with Crippen LogP contribution in [0.5, 0.6) is 0 Å². The Bertz CT molecular complexity index is 358.